The summed E-state index contributed by atoms with van der Waals surface area (Å²) in [6, 6.07) is 1.82. The summed E-state index contributed by atoms with van der Waals surface area (Å²) >= 11 is 11.7. The van der Waals surface area contributed by atoms with E-state index >= 15 is 0 Å². The molecule has 108 valence electrons. The summed E-state index contributed by atoms with van der Waals surface area (Å²) in [6.07, 6.45) is 4.05. The van der Waals surface area contributed by atoms with Crippen LogP contribution in [-0.4, -0.2) is 34.9 Å². The summed E-state index contributed by atoms with van der Waals surface area (Å²) < 4.78 is 0. The Bertz CT molecular complexity index is 414. The van der Waals surface area contributed by atoms with E-state index in [0.717, 1.165) is 32.2 Å². The van der Waals surface area contributed by atoms with Crippen LogP contribution in [0.15, 0.2) is 6.07 Å². The molecule has 7 heteroatoms. The quantitative estimate of drug-likeness (QED) is 0.896. The van der Waals surface area contributed by atoms with Crippen molar-refractivity contribution in [1.29, 1.82) is 0 Å². The van der Waals surface area contributed by atoms with Gasteiger partial charge in [-0.25, -0.2) is 0 Å². The number of carbonyl (C=O) groups excluding carboxylic acids is 1. The number of nitrogens with zero attached hydrogens (tertiary/aromatic N) is 1. The van der Waals surface area contributed by atoms with Crippen LogP contribution in [-0.2, 0) is 0 Å². The highest BCUT2D eigenvalue weighted by Crippen LogP contribution is 2.25. The number of carbonyl (C=O) groups is 1. The Morgan fingerprint density at radius 1 is 1.47 bits per heavy atom. The second-order valence-corrected chi connectivity index (χ2v) is 5.36. The predicted molar refractivity (Wildman–Crippen MR) is 80.4 cm³/mol. The van der Waals surface area contributed by atoms with Gasteiger partial charge in [0, 0.05) is 12.6 Å². The average molecular weight is 327 g/mol. The zero-order valence-electron chi connectivity index (χ0n) is 10.5. The fourth-order valence-electron chi connectivity index (χ4n) is 2.43. The van der Waals surface area contributed by atoms with Crippen molar-refractivity contribution in [3.63, 3.8) is 0 Å². The van der Waals surface area contributed by atoms with E-state index in [1.54, 1.807) is 6.07 Å². The van der Waals surface area contributed by atoms with Gasteiger partial charge in [-0.05, 0) is 38.3 Å². The molecule has 19 heavy (non-hydrogen) atoms. The SMILES string of the molecule is Cl.NCCC1CCCCN1C(=O)c1cc(Cl)c(Cl)[nH]1. The lowest BCUT2D eigenvalue weighted by molar-refractivity contribution is 0.0599. The van der Waals surface area contributed by atoms with E-state index in [0.29, 0.717) is 22.4 Å². The Morgan fingerprint density at radius 3 is 2.79 bits per heavy atom. The summed E-state index contributed by atoms with van der Waals surface area (Å²) in [5.74, 6) is -0.0399. The van der Waals surface area contributed by atoms with Crippen LogP contribution >= 0.6 is 35.6 Å². The normalized spacial score (nSPS) is 19.1. The number of aromatic amines is 1. The molecule has 1 amide bonds. The molecule has 4 nitrogen and oxygen atoms in total. The van der Waals surface area contributed by atoms with E-state index in [2.05, 4.69) is 4.98 Å². The maximum absolute atomic E-state index is 12.4. The lowest BCUT2D eigenvalue weighted by atomic mass is 9.99. The van der Waals surface area contributed by atoms with Crippen molar-refractivity contribution in [3.05, 3.63) is 21.9 Å². The molecule has 0 bridgehead atoms. The van der Waals surface area contributed by atoms with Gasteiger partial charge in [-0.1, -0.05) is 23.2 Å². The largest absolute Gasteiger partial charge is 0.340 e. The third kappa shape index (κ3) is 3.78. The fourth-order valence-corrected chi connectivity index (χ4v) is 2.75. The molecule has 1 unspecified atom stereocenters. The Balaban J connectivity index is 0.00000180. The fraction of sp³-hybridized carbons (Fsp3) is 0.583. The number of aromatic nitrogens is 1. The maximum atomic E-state index is 12.4. The third-order valence-corrected chi connectivity index (χ3v) is 4.04. The minimum absolute atomic E-state index is 0. The van der Waals surface area contributed by atoms with Crippen molar-refractivity contribution < 1.29 is 4.79 Å². The van der Waals surface area contributed by atoms with Gasteiger partial charge < -0.3 is 15.6 Å². The topological polar surface area (TPSA) is 62.1 Å². The van der Waals surface area contributed by atoms with Gasteiger partial charge in [0.1, 0.15) is 10.8 Å². The van der Waals surface area contributed by atoms with Gasteiger partial charge in [-0.15, -0.1) is 12.4 Å². The van der Waals surface area contributed by atoms with Crippen LogP contribution in [0.5, 0.6) is 0 Å². The van der Waals surface area contributed by atoms with Crippen molar-refractivity contribution >= 4 is 41.5 Å². The molecule has 1 aromatic rings. The number of rotatable bonds is 3. The molecule has 3 N–H and O–H groups in total. The van der Waals surface area contributed by atoms with Crippen LogP contribution in [0.25, 0.3) is 0 Å². The van der Waals surface area contributed by atoms with E-state index in [1.165, 1.54) is 0 Å². The second-order valence-electron chi connectivity index (χ2n) is 4.57. The standard InChI is InChI=1S/C12H17Cl2N3O.ClH/c13-9-7-10(16-11(9)14)12(18)17-6-2-1-3-8(17)4-5-15;/h7-8,16H,1-6,15H2;1H. The number of halogens is 3. The number of piperidine rings is 1. The zero-order chi connectivity index (χ0) is 13.1. The molecule has 0 aromatic carbocycles. The molecule has 1 aliphatic heterocycles. The Kier molecular flexibility index (Phi) is 6.47. The van der Waals surface area contributed by atoms with E-state index < -0.39 is 0 Å². The molecule has 0 spiro atoms. The summed E-state index contributed by atoms with van der Waals surface area (Å²) in [5, 5.41) is 0.694. The Hall–Kier alpha value is -0.420. The van der Waals surface area contributed by atoms with Crippen LogP contribution in [0.3, 0.4) is 0 Å². The number of hydrogen-bond acceptors (Lipinski definition) is 2. The molecule has 0 saturated carbocycles. The highest BCUT2D eigenvalue weighted by molar-refractivity contribution is 6.41. The molecule has 0 aliphatic carbocycles. The highest BCUT2D eigenvalue weighted by Gasteiger charge is 2.28. The smallest absolute Gasteiger partial charge is 0.270 e. The van der Waals surface area contributed by atoms with Crippen LogP contribution in [0.4, 0.5) is 0 Å². The molecular weight excluding hydrogens is 309 g/mol. The Labute approximate surface area is 129 Å². The van der Waals surface area contributed by atoms with Crippen molar-refractivity contribution in [1.82, 2.24) is 9.88 Å². The first kappa shape index (κ1) is 16.6. The van der Waals surface area contributed by atoms with Crippen LogP contribution in [0, 0.1) is 0 Å². The first-order valence-electron chi connectivity index (χ1n) is 6.18. The van der Waals surface area contributed by atoms with Gasteiger partial charge in [0.05, 0.1) is 5.02 Å². The summed E-state index contributed by atoms with van der Waals surface area (Å²) in [7, 11) is 0. The summed E-state index contributed by atoms with van der Waals surface area (Å²) in [4.78, 5) is 17.1. The number of H-pyrrole nitrogens is 1. The van der Waals surface area contributed by atoms with Crippen molar-refractivity contribution in [2.75, 3.05) is 13.1 Å². The second kappa shape index (κ2) is 7.39. The monoisotopic (exact) mass is 325 g/mol. The molecule has 1 atom stereocenters. The zero-order valence-corrected chi connectivity index (χ0v) is 12.8. The molecule has 1 fully saturated rings. The predicted octanol–water partition coefficient (Wildman–Crippen LogP) is 3.09. The molecule has 1 saturated heterocycles. The lowest BCUT2D eigenvalue weighted by Crippen LogP contribution is -2.44. The van der Waals surface area contributed by atoms with Crippen LogP contribution in [0.1, 0.15) is 36.2 Å². The molecule has 2 rings (SSSR count). The molecule has 1 aliphatic rings. The first-order chi connectivity index (χ1) is 8.63. The Morgan fingerprint density at radius 2 is 2.21 bits per heavy atom. The third-order valence-electron chi connectivity index (χ3n) is 3.34. The van der Waals surface area contributed by atoms with E-state index in [1.807, 2.05) is 4.90 Å². The number of likely N-dealkylation sites (tertiary alicyclic amines) is 1. The van der Waals surface area contributed by atoms with Crippen LogP contribution < -0.4 is 5.73 Å². The summed E-state index contributed by atoms with van der Waals surface area (Å²) in [5.41, 5.74) is 6.05. The highest BCUT2D eigenvalue weighted by atomic mass is 35.5. The van der Waals surface area contributed by atoms with Gasteiger partial charge in [0.2, 0.25) is 0 Å². The van der Waals surface area contributed by atoms with Crippen molar-refractivity contribution in [3.8, 4) is 0 Å². The number of hydrogen-bond donors (Lipinski definition) is 2. The van der Waals surface area contributed by atoms with E-state index in [4.69, 9.17) is 28.9 Å². The van der Waals surface area contributed by atoms with Crippen molar-refractivity contribution in [2.24, 2.45) is 5.73 Å². The number of amides is 1. The molecule has 1 aromatic heterocycles. The lowest BCUT2D eigenvalue weighted by Gasteiger charge is -2.35. The van der Waals surface area contributed by atoms with Gasteiger partial charge >= 0.3 is 0 Å². The maximum Gasteiger partial charge on any atom is 0.270 e. The van der Waals surface area contributed by atoms with E-state index in [-0.39, 0.29) is 24.4 Å². The van der Waals surface area contributed by atoms with Gasteiger partial charge in [-0.2, -0.15) is 0 Å². The van der Waals surface area contributed by atoms with E-state index in [9.17, 15) is 4.79 Å². The van der Waals surface area contributed by atoms with Gasteiger partial charge in [0.15, 0.2) is 0 Å². The van der Waals surface area contributed by atoms with Crippen molar-refractivity contribution in [2.45, 2.75) is 31.7 Å². The minimum atomic E-state index is -0.0399. The number of nitrogens with two attached hydrogens (primary N) is 1. The first-order valence-corrected chi connectivity index (χ1v) is 6.94. The molecular formula is C12H18Cl3N3O. The molecule has 0 radical (unpaired) electrons. The summed E-state index contributed by atoms with van der Waals surface area (Å²) in [6.45, 7) is 1.37. The van der Waals surface area contributed by atoms with Gasteiger partial charge in [-0.3, -0.25) is 4.79 Å². The van der Waals surface area contributed by atoms with Crippen LogP contribution in [0.2, 0.25) is 10.2 Å². The number of nitrogens with one attached hydrogen (secondary N) is 1. The molecule has 2 heterocycles. The van der Waals surface area contributed by atoms with Gasteiger partial charge in [0.25, 0.3) is 5.91 Å². The minimum Gasteiger partial charge on any atom is -0.340 e. The average Bonchev–Trinajstić information content (AvgIpc) is 2.70.